The van der Waals surface area contributed by atoms with E-state index in [-0.39, 0.29) is 23.1 Å². The molecule has 0 spiro atoms. The number of benzene rings is 2. The second-order valence-corrected chi connectivity index (χ2v) is 7.68. The molecule has 1 heterocycles. The van der Waals surface area contributed by atoms with Crippen LogP contribution in [0.3, 0.4) is 0 Å². The quantitative estimate of drug-likeness (QED) is 0.589. The third kappa shape index (κ3) is 5.52. The maximum atomic E-state index is 13.1. The molecule has 3 aromatic rings. The van der Waals surface area contributed by atoms with Crippen LogP contribution < -0.4 is 9.46 Å². The molecule has 0 aliphatic heterocycles. The molecule has 0 radical (unpaired) electrons. The summed E-state index contributed by atoms with van der Waals surface area (Å²) in [4.78, 5) is 3.72. The van der Waals surface area contributed by atoms with E-state index in [0.717, 1.165) is 12.1 Å². The fourth-order valence-corrected chi connectivity index (χ4v) is 3.33. The zero-order valence-corrected chi connectivity index (χ0v) is 15.5. The third-order valence-corrected chi connectivity index (χ3v) is 5.19. The third-order valence-electron chi connectivity index (χ3n) is 3.77. The number of ether oxygens (including phenoxy) is 1. The lowest BCUT2D eigenvalue weighted by Gasteiger charge is -2.10. The normalized spacial score (nSPS) is 12.0. The number of pyridine rings is 1. The number of aromatic nitrogens is 1. The van der Waals surface area contributed by atoms with Gasteiger partial charge >= 0.3 is 6.18 Å². The summed E-state index contributed by atoms with van der Waals surface area (Å²) in [6.45, 7) is -0.128. The molecule has 0 saturated carbocycles. The first-order valence-corrected chi connectivity index (χ1v) is 9.67. The van der Waals surface area contributed by atoms with E-state index in [2.05, 4.69) is 9.71 Å². The molecule has 152 valence electrons. The second-order valence-electron chi connectivity index (χ2n) is 5.91. The molecule has 0 amide bonds. The van der Waals surface area contributed by atoms with Crippen LogP contribution in [0.25, 0.3) is 0 Å². The summed E-state index contributed by atoms with van der Waals surface area (Å²) in [6.07, 6.45) is -3.18. The molecule has 0 aliphatic carbocycles. The second kappa shape index (κ2) is 8.18. The SMILES string of the molecule is O=S(=O)(NCc1ccc(Oc2cccc(F)c2)nc1)c1ccc(C(F)(F)F)cc1. The molecule has 0 fully saturated rings. The van der Waals surface area contributed by atoms with E-state index in [1.54, 1.807) is 12.1 Å². The van der Waals surface area contributed by atoms with Gasteiger partial charge in [0, 0.05) is 24.9 Å². The molecule has 0 bridgehead atoms. The van der Waals surface area contributed by atoms with Crippen molar-refractivity contribution in [1.29, 1.82) is 0 Å². The first-order chi connectivity index (χ1) is 13.6. The number of nitrogens with zero attached hydrogens (tertiary/aromatic N) is 1. The molecule has 2 aromatic carbocycles. The van der Waals surface area contributed by atoms with E-state index in [9.17, 15) is 26.0 Å². The molecule has 0 atom stereocenters. The molecular weight excluding hydrogens is 412 g/mol. The molecule has 0 unspecified atom stereocenters. The summed E-state index contributed by atoms with van der Waals surface area (Å²) >= 11 is 0. The lowest BCUT2D eigenvalue weighted by molar-refractivity contribution is -0.137. The van der Waals surface area contributed by atoms with Crippen molar-refractivity contribution in [2.75, 3.05) is 0 Å². The van der Waals surface area contributed by atoms with Gasteiger partial charge in [0.1, 0.15) is 11.6 Å². The van der Waals surface area contributed by atoms with Crippen LogP contribution in [0.15, 0.2) is 71.8 Å². The fraction of sp³-hybridized carbons (Fsp3) is 0.105. The molecule has 0 aliphatic rings. The molecule has 10 heteroatoms. The summed E-state index contributed by atoms with van der Waals surface area (Å²) in [5.41, 5.74) is -0.443. The maximum Gasteiger partial charge on any atom is 0.416 e. The number of rotatable bonds is 6. The Labute approximate surface area is 164 Å². The van der Waals surface area contributed by atoms with Crippen molar-refractivity contribution >= 4 is 10.0 Å². The summed E-state index contributed by atoms with van der Waals surface area (Å²) in [5.74, 6) is -0.0185. The molecule has 5 nitrogen and oxygen atoms in total. The number of sulfonamides is 1. The van der Waals surface area contributed by atoms with Crippen LogP contribution in [-0.4, -0.2) is 13.4 Å². The molecule has 0 saturated heterocycles. The minimum Gasteiger partial charge on any atom is -0.439 e. The predicted octanol–water partition coefficient (Wildman–Crippen LogP) is 4.51. The highest BCUT2D eigenvalue weighted by Gasteiger charge is 2.30. The van der Waals surface area contributed by atoms with E-state index in [1.165, 1.54) is 30.5 Å². The van der Waals surface area contributed by atoms with Gasteiger partial charge in [-0.1, -0.05) is 12.1 Å². The van der Waals surface area contributed by atoms with Gasteiger partial charge in [-0.05, 0) is 42.0 Å². The van der Waals surface area contributed by atoms with Crippen molar-refractivity contribution in [3.05, 3.63) is 83.8 Å². The Kier molecular flexibility index (Phi) is 5.85. The molecular formula is C19H14F4N2O3S. The Balaban J connectivity index is 1.63. The predicted molar refractivity (Wildman–Crippen MR) is 96.2 cm³/mol. The van der Waals surface area contributed by atoms with E-state index in [0.29, 0.717) is 17.7 Å². The maximum absolute atomic E-state index is 13.1. The van der Waals surface area contributed by atoms with Crippen LogP contribution in [-0.2, 0) is 22.7 Å². The number of nitrogens with one attached hydrogen (secondary N) is 1. The Bertz CT molecular complexity index is 1080. The largest absolute Gasteiger partial charge is 0.439 e. The Hall–Kier alpha value is -2.98. The molecule has 29 heavy (non-hydrogen) atoms. The van der Waals surface area contributed by atoms with Crippen molar-refractivity contribution in [2.45, 2.75) is 17.6 Å². The average Bonchev–Trinajstić information content (AvgIpc) is 2.67. The topological polar surface area (TPSA) is 68.3 Å². The highest BCUT2D eigenvalue weighted by atomic mass is 32.2. The number of hydrogen-bond donors (Lipinski definition) is 1. The Morgan fingerprint density at radius 3 is 2.31 bits per heavy atom. The number of alkyl halides is 3. The van der Waals surface area contributed by atoms with Gasteiger partial charge in [0.15, 0.2) is 0 Å². The highest BCUT2D eigenvalue weighted by Crippen LogP contribution is 2.29. The zero-order chi connectivity index (χ0) is 21.1. The van der Waals surface area contributed by atoms with Crippen LogP contribution in [0.4, 0.5) is 17.6 Å². The van der Waals surface area contributed by atoms with Crippen molar-refractivity contribution in [2.24, 2.45) is 0 Å². The van der Waals surface area contributed by atoms with Gasteiger partial charge in [-0.3, -0.25) is 0 Å². The van der Waals surface area contributed by atoms with Crippen molar-refractivity contribution < 1.29 is 30.7 Å². The minimum atomic E-state index is -4.54. The van der Waals surface area contributed by atoms with Crippen LogP contribution in [0.5, 0.6) is 11.6 Å². The molecule has 1 N–H and O–H groups in total. The summed E-state index contributed by atoms with van der Waals surface area (Å²) in [6, 6.07) is 11.7. The average molecular weight is 426 g/mol. The smallest absolute Gasteiger partial charge is 0.416 e. The van der Waals surface area contributed by atoms with E-state index < -0.39 is 27.6 Å². The highest BCUT2D eigenvalue weighted by molar-refractivity contribution is 7.89. The van der Waals surface area contributed by atoms with Gasteiger partial charge < -0.3 is 4.74 Å². The van der Waals surface area contributed by atoms with E-state index in [1.807, 2.05) is 0 Å². The Morgan fingerprint density at radius 2 is 1.72 bits per heavy atom. The summed E-state index contributed by atoms with van der Waals surface area (Å²) in [5, 5.41) is 0. The van der Waals surface area contributed by atoms with Crippen molar-refractivity contribution in [3.63, 3.8) is 0 Å². The van der Waals surface area contributed by atoms with Crippen LogP contribution in [0, 0.1) is 5.82 Å². The number of halogens is 4. The molecule has 3 rings (SSSR count). The van der Waals surface area contributed by atoms with Gasteiger partial charge in [0.05, 0.1) is 10.5 Å². The minimum absolute atomic E-state index is 0.128. The van der Waals surface area contributed by atoms with Crippen molar-refractivity contribution in [1.82, 2.24) is 9.71 Å². The standard InChI is InChI=1S/C19H14F4N2O3S/c20-15-2-1-3-16(10-15)28-18-9-4-13(11-24-18)12-25-29(26,27)17-7-5-14(6-8-17)19(21,22)23/h1-11,25H,12H2. The van der Waals surface area contributed by atoms with Crippen molar-refractivity contribution in [3.8, 4) is 11.6 Å². The van der Waals surface area contributed by atoms with Gasteiger partial charge in [0.2, 0.25) is 15.9 Å². The summed E-state index contributed by atoms with van der Waals surface area (Å²) in [7, 11) is -4.00. The van der Waals surface area contributed by atoms with Crippen LogP contribution >= 0.6 is 0 Å². The van der Waals surface area contributed by atoms with Gasteiger partial charge in [-0.15, -0.1) is 0 Å². The molecule has 1 aromatic heterocycles. The monoisotopic (exact) mass is 426 g/mol. The van der Waals surface area contributed by atoms with E-state index >= 15 is 0 Å². The van der Waals surface area contributed by atoms with Gasteiger partial charge in [-0.25, -0.2) is 22.5 Å². The van der Waals surface area contributed by atoms with Crippen LogP contribution in [0.1, 0.15) is 11.1 Å². The van der Waals surface area contributed by atoms with E-state index in [4.69, 9.17) is 4.74 Å². The van der Waals surface area contributed by atoms with Gasteiger partial charge in [-0.2, -0.15) is 13.2 Å². The first-order valence-electron chi connectivity index (χ1n) is 8.19. The van der Waals surface area contributed by atoms with Gasteiger partial charge in [0.25, 0.3) is 0 Å². The lowest BCUT2D eigenvalue weighted by atomic mass is 10.2. The van der Waals surface area contributed by atoms with Crippen LogP contribution in [0.2, 0.25) is 0 Å². The number of hydrogen-bond acceptors (Lipinski definition) is 4. The Morgan fingerprint density at radius 1 is 1.00 bits per heavy atom. The zero-order valence-electron chi connectivity index (χ0n) is 14.7. The first kappa shape index (κ1) is 20.7. The fourth-order valence-electron chi connectivity index (χ4n) is 2.31. The lowest BCUT2D eigenvalue weighted by Crippen LogP contribution is -2.23. The summed E-state index contributed by atoms with van der Waals surface area (Å²) < 4.78 is 83.0.